The largest absolute Gasteiger partial charge is 0.611 e. The molecule has 1 saturated carbocycles. The Morgan fingerprint density at radius 1 is 1.28 bits per heavy atom. The number of aromatic nitrogens is 2. The van der Waals surface area contributed by atoms with Crippen molar-refractivity contribution in [1.82, 2.24) is 9.97 Å². The van der Waals surface area contributed by atoms with E-state index >= 15 is 0 Å². The van der Waals surface area contributed by atoms with E-state index < -0.39 is 11.2 Å². The van der Waals surface area contributed by atoms with E-state index in [1.54, 1.807) is 0 Å². The molecule has 1 aromatic carbocycles. The van der Waals surface area contributed by atoms with Crippen molar-refractivity contribution in [3.8, 4) is 0 Å². The van der Waals surface area contributed by atoms with Crippen LogP contribution in [0.1, 0.15) is 42.9 Å². The van der Waals surface area contributed by atoms with Gasteiger partial charge in [-0.1, -0.05) is 29.7 Å². The van der Waals surface area contributed by atoms with Crippen molar-refractivity contribution in [3.05, 3.63) is 35.5 Å². The second-order valence-electron chi connectivity index (χ2n) is 8.69. The summed E-state index contributed by atoms with van der Waals surface area (Å²) in [7, 11) is 2.15. The molecule has 152 valence electrons. The Labute approximate surface area is 175 Å². The minimum absolute atomic E-state index is 0.0790. The third-order valence-electron chi connectivity index (χ3n) is 6.51. The number of piperidine rings is 1. The minimum atomic E-state index is -1.05. The highest BCUT2D eigenvalue weighted by Crippen LogP contribution is 2.42. The van der Waals surface area contributed by atoms with Crippen LogP contribution in [0.15, 0.2) is 29.2 Å². The SMILES string of the molecule is Bc1cccc(C2CCN(c3nc4c(c(NC5(CO)CC5)n3)[S+]([O-])CC4)CC2)c1. The summed E-state index contributed by atoms with van der Waals surface area (Å²) in [6, 6.07) is 8.83. The zero-order valence-electron chi connectivity index (χ0n) is 16.9. The number of aryl methyl sites for hydroxylation is 1. The van der Waals surface area contributed by atoms with Gasteiger partial charge in [0.25, 0.3) is 0 Å². The van der Waals surface area contributed by atoms with Gasteiger partial charge < -0.3 is 19.9 Å². The van der Waals surface area contributed by atoms with Gasteiger partial charge in [0.1, 0.15) is 19.3 Å². The van der Waals surface area contributed by atoms with Crippen LogP contribution in [0, 0.1) is 0 Å². The predicted molar refractivity (Wildman–Crippen MR) is 118 cm³/mol. The van der Waals surface area contributed by atoms with Gasteiger partial charge in [0.15, 0.2) is 5.82 Å². The molecule has 6 nitrogen and oxygen atoms in total. The molecule has 2 aliphatic heterocycles. The van der Waals surface area contributed by atoms with Gasteiger partial charge in [-0.15, -0.1) is 0 Å². The monoisotopic (exact) mass is 410 g/mol. The van der Waals surface area contributed by atoms with Crippen molar-refractivity contribution in [1.29, 1.82) is 0 Å². The summed E-state index contributed by atoms with van der Waals surface area (Å²) in [5.74, 6) is 2.61. The predicted octanol–water partition coefficient (Wildman–Crippen LogP) is 0.719. The van der Waals surface area contributed by atoms with Gasteiger partial charge in [-0.2, -0.15) is 4.98 Å². The molecule has 1 unspecified atom stereocenters. The highest BCUT2D eigenvalue weighted by atomic mass is 32.2. The molecule has 1 aromatic heterocycles. The maximum Gasteiger partial charge on any atom is 0.227 e. The average molecular weight is 410 g/mol. The normalized spacial score (nSPS) is 23.1. The first-order valence-electron chi connectivity index (χ1n) is 10.6. The lowest BCUT2D eigenvalue weighted by Gasteiger charge is -2.33. The molecule has 3 aliphatic rings. The first-order chi connectivity index (χ1) is 14.1. The van der Waals surface area contributed by atoms with Crippen LogP contribution in [0.4, 0.5) is 11.8 Å². The molecule has 2 aromatic rings. The lowest BCUT2D eigenvalue weighted by atomic mass is 9.85. The van der Waals surface area contributed by atoms with Gasteiger partial charge in [-0.3, -0.25) is 0 Å². The van der Waals surface area contributed by atoms with Gasteiger partial charge in [-0.05, 0) is 48.3 Å². The number of hydrogen-bond acceptors (Lipinski definition) is 6. The molecule has 3 heterocycles. The molecule has 1 aliphatic carbocycles. The van der Waals surface area contributed by atoms with Crippen LogP contribution in [-0.2, 0) is 17.6 Å². The Morgan fingerprint density at radius 2 is 2.07 bits per heavy atom. The standard InChI is InChI=1S/C21H27BN4O2S/c22-16-3-1-2-15(12-16)14-4-9-26(10-5-14)20-23-17-6-11-29(28)18(17)19(24-20)25-21(13-27)7-8-21/h1-3,12,14,27H,4-11,13,22H2,(H,23,24,25). The van der Waals surface area contributed by atoms with Gasteiger partial charge in [0.2, 0.25) is 10.8 Å². The number of hydrogen-bond donors (Lipinski definition) is 2. The fourth-order valence-corrected chi connectivity index (χ4v) is 5.78. The van der Waals surface area contributed by atoms with Crippen LogP contribution in [0.2, 0.25) is 0 Å². The van der Waals surface area contributed by atoms with Crippen molar-refractivity contribution < 1.29 is 9.66 Å². The van der Waals surface area contributed by atoms with Crippen LogP contribution in [0.5, 0.6) is 0 Å². The molecular formula is C21H27BN4O2S. The molecule has 5 rings (SSSR count). The van der Waals surface area contributed by atoms with Gasteiger partial charge >= 0.3 is 0 Å². The summed E-state index contributed by atoms with van der Waals surface area (Å²) in [5, 5.41) is 13.1. The number of aliphatic hydroxyl groups is 1. The van der Waals surface area contributed by atoms with Crippen molar-refractivity contribution in [2.75, 3.05) is 35.7 Å². The fourth-order valence-electron chi connectivity index (χ4n) is 4.47. The Balaban J connectivity index is 1.36. The summed E-state index contributed by atoms with van der Waals surface area (Å²) in [6.45, 7) is 1.92. The Bertz CT molecular complexity index is 916. The van der Waals surface area contributed by atoms with E-state index in [0.29, 0.717) is 17.5 Å². The minimum Gasteiger partial charge on any atom is -0.611 e. The number of fused-ring (bicyclic) bond motifs is 1. The maximum absolute atomic E-state index is 12.5. The average Bonchev–Trinajstić information content (AvgIpc) is 3.42. The zero-order valence-corrected chi connectivity index (χ0v) is 17.7. The lowest BCUT2D eigenvalue weighted by molar-refractivity contribution is 0.265. The second kappa shape index (κ2) is 7.49. The maximum atomic E-state index is 12.5. The van der Waals surface area contributed by atoms with Crippen LogP contribution in [0.3, 0.4) is 0 Å². The molecule has 1 atom stereocenters. The van der Waals surface area contributed by atoms with Gasteiger partial charge in [0.05, 0.1) is 12.1 Å². The smallest absolute Gasteiger partial charge is 0.227 e. The molecule has 0 bridgehead atoms. The lowest BCUT2D eigenvalue weighted by Crippen LogP contribution is -2.35. The number of rotatable bonds is 5. The number of anilines is 2. The van der Waals surface area contributed by atoms with E-state index in [1.807, 2.05) is 0 Å². The number of nitrogens with one attached hydrogen (secondary N) is 1. The highest BCUT2D eigenvalue weighted by Gasteiger charge is 2.45. The van der Waals surface area contributed by atoms with Gasteiger partial charge in [0, 0.05) is 19.5 Å². The quantitative estimate of drug-likeness (QED) is 0.558. The number of benzene rings is 1. The van der Waals surface area contributed by atoms with E-state index in [-0.39, 0.29) is 12.1 Å². The Morgan fingerprint density at radius 3 is 2.76 bits per heavy atom. The topological polar surface area (TPSA) is 84.3 Å². The summed E-state index contributed by atoms with van der Waals surface area (Å²) >= 11 is -1.05. The van der Waals surface area contributed by atoms with Crippen LogP contribution < -0.4 is 15.7 Å². The third kappa shape index (κ3) is 3.73. The second-order valence-corrected chi connectivity index (χ2v) is 10.2. The van der Waals surface area contributed by atoms with Crippen LogP contribution in [-0.4, -0.2) is 58.5 Å². The molecule has 2 N–H and O–H groups in total. The fraction of sp³-hybridized carbons (Fsp3) is 0.524. The van der Waals surface area contributed by atoms with E-state index in [9.17, 15) is 9.66 Å². The third-order valence-corrected chi connectivity index (χ3v) is 7.97. The number of aliphatic hydroxyl groups excluding tert-OH is 1. The molecule has 0 amide bonds. The first-order valence-corrected chi connectivity index (χ1v) is 11.9. The summed E-state index contributed by atoms with van der Waals surface area (Å²) in [6.07, 6.45) is 4.74. The van der Waals surface area contributed by atoms with Crippen molar-refractivity contribution >= 4 is 36.3 Å². The molecule has 29 heavy (non-hydrogen) atoms. The number of nitrogens with zero attached hydrogens (tertiary/aromatic N) is 3. The molecule has 0 spiro atoms. The summed E-state index contributed by atoms with van der Waals surface area (Å²) in [4.78, 5) is 12.6. The zero-order chi connectivity index (χ0) is 20.0. The Kier molecular flexibility index (Phi) is 4.96. The van der Waals surface area contributed by atoms with E-state index in [0.717, 1.165) is 61.7 Å². The van der Waals surface area contributed by atoms with Crippen LogP contribution >= 0.6 is 0 Å². The van der Waals surface area contributed by atoms with E-state index in [2.05, 4.69) is 42.3 Å². The van der Waals surface area contributed by atoms with Crippen LogP contribution in [0.25, 0.3) is 0 Å². The van der Waals surface area contributed by atoms with Crippen molar-refractivity contribution in [2.45, 2.75) is 48.5 Å². The van der Waals surface area contributed by atoms with Gasteiger partial charge in [-0.25, -0.2) is 4.98 Å². The Hall–Kier alpha value is -1.77. The molecule has 2 fully saturated rings. The molecular weight excluding hydrogens is 383 g/mol. The van der Waals surface area contributed by atoms with Crippen molar-refractivity contribution in [3.63, 3.8) is 0 Å². The molecule has 1 saturated heterocycles. The molecule has 0 radical (unpaired) electrons. The summed E-state index contributed by atoms with van der Waals surface area (Å²) < 4.78 is 12.5. The first kappa shape index (κ1) is 19.2. The molecule has 8 heteroatoms. The summed E-state index contributed by atoms with van der Waals surface area (Å²) in [5.41, 5.74) is 3.36. The highest BCUT2D eigenvalue weighted by molar-refractivity contribution is 7.91. The van der Waals surface area contributed by atoms with Crippen molar-refractivity contribution in [2.24, 2.45) is 0 Å². The van der Waals surface area contributed by atoms with E-state index in [1.165, 1.54) is 11.0 Å². The van der Waals surface area contributed by atoms with E-state index in [4.69, 9.17) is 9.97 Å².